The van der Waals surface area contributed by atoms with Crippen molar-refractivity contribution in [3.05, 3.63) is 28.2 Å². The van der Waals surface area contributed by atoms with Gasteiger partial charge in [-0.3, -0.25) is 0 Å². The van der Waals surface area contributed by atoms with Crippen LogP contribution in [0.15, 0.2) is 12.1 Å². The molecule has 0 heterocycles. The molecule has 0 spiro atoms. The van der Waals surface area contributed by atoms with E-state index in [4.69, 9.17) is 34.4 Å². The van der Waals surface area contributed by atoms with Gasteiger partial charge in [0.1, 0.15) is 12.4 Å². The zero-order chi connectivity index (χ0) is 8.97. The Labute approximate surface area is 81.2 Å². The van der Waals surface area contributed by atoms with E-state index >= 15 is 0 Å². The minimum atomic E-state index is 0.203. The summed E-state index contributed by atoms with van der Waals surface area (Å²) in [6, 6.07) is 6.02. The third kappa shape index (κ3) is 2.34. The summed E-state index contributed by atoms with van der Waals surface area (Å²) in [7, 11) is 0. The highest BCUT2D eigenvalue weighted by atomic mass is 35.5. The molecule has 0 aromatic heterocycles. The number of hydrogen-bond donors (Lipinski definition) is 0. The van der Waals surface area contributed by atoms with Crippen LogP contribution in [0.1, 0.15) is 0 Å². The van der Waals surface area contributed by atoms with E-state index in [2.05, 4.69) is 12.0 Å². The fourth-order valence-electron chi connectivity index (χ4n) is 0.635. The van der Waals surface area contributed by atoms with E-state index in [1.165, 1.54) is 0 Å². The van der Waals surface area contributed by atoms with E-state index < -0.39 is 0 Å². The van der Waals surface area contributed by atoms with Crippen LogP contribution in [0.3, 0.4) is 0 Å². The Morgan fingerprint density at radius 1 is 1.50 bits per heavy atom. The maximum atomic E-state index is 5.67. The Hall–Kier alpha value is -0.840. The summed E-state index contributed by atoms with van der Waals surface area (Å²) in [5.41, 5.74) is 0. The predicted octanol–water partition coefficient (Wildman–Crippen LogP) is 2.81. The van der Waals surface area contributed by atoms with Crippen LogP contribution in [0.2, 0.25) is 10.0 Å². The van der Waals surface area contributed by atoms with Gasteiger partial charge in [0.2, 0.25) is 0 Å². The molecule has 0 unspecified atom stereocenters. The summed E-state index contributed by atoms with van der Waals surface area (Å²) in [5.74, 6) is 2.83. The van der Waals surface area contributed by atoms with Crippen molar-refractivity contribution in [2.45, 2.75) is 0 Å². The van der Waals surface area contributed by atoms with E-state index in [1.54, 1.807) is 12.1 Å². The van der Waals surface area contributed by atoms with Crippen molar-refractivity contribution in [3.8, 4) is 18.1 Å². The van der Waals surface area contributed by atoms with Crippen LogP contribution in [0.25, 0.3) is 0 Å². The Balaban J connectivity index is 2.77. The normalized spacial score (nSPS) is 9.08. The minimum Gasteiger partial charge on any atom is -0.480 e. The zero-order valence-electron chi connectivity index (χ0n) is 6.10. The highest BCUT2D eigenvalue weighted by Crippen LogP contribution is 2.25. The van der Waals surface area contributed by atoms with Gasteiger partial charge in [0.25, 0.3) is 0 Å². The van der Waals surface area contributed by atoms with Gasteiger partial charge in [0.05, 0.1) is 10.0 Å². The Morgan fingerprint density at radius 2 is 2.25 bits per heavy atom. The number of benzene rings is 1. The van der Waals surface area contributed by atoms with Gasteiger partial charge in [-0.2, -0.15) is 0 Å². The number of ether oxygens (including phenoxy) is 1. The molecule has 0 aliphatic heterocycles. The molecule has 0 saturated carbocycles. The first kappa shape index (κ1) is 9.25. The highest BCUT2D eigenvalue weighted by molar-refractivity contribution is 6.41. The van der Waals surface area contributed by atoms with Crippen LogP contribution in [0.4, 0.5) is 0 Å². The second kappa shape index (κ2) is 4.25. The summed E-state index contributed by atoms with van der Waals surface area (Å²) in [4.78, 5) is 0. The Morgan fingerprint density at radius 3 is 2.83 bits per heavy atom. The van der Waals surface area contributed by atoms with Gasteiger partial charge in [0, 0.05) is 6.07 Å². The number of rotatable bonds is 2. The van der Waals surface area contributed by atoms with Crippen molar-refractivity contribution in [1.29, 1.82) is 0 Å². The van der Waals surface area contributed by atoms with E-state index in [0.717, 1.165) is 0 Å². The molecule has 3 heteroatoms. The summed E-state index contributed by atoms with van der Waals surface area (Å²) in [6.45, 7) is 0.203. The van der Waals surface area contributed by atoms with E-state index in [0.29, 0.717) is 15.8 Å². The third-order valence-electron chi connectivity index (χ3n) is 1.13. The van der Waals surface area contributed by atoms with E-state index in [1.807, 2.05) is 0 Å². The highest BCUT2D eigenvalue weighted by Gasteiger charge is 1.99. The van der Waals surface area contributed by atoms with Gasteiger partial charge < -0.3 is 4.74 Å². The van der Waals surface area contributed by atoms with Crippen molar-refractivity contribution >= 4 is 23.2 Å². The van der Waals surface area contributed by atoms with Crippen molar-refractivity contribution in [1.82, 2.24) is 0 Å². The standard InChI is InChI=1S/C9H5Cl2O/c1-2-5-12-7-3-4-8(10)9(11)6-7/h1,3-4H,5H2. The van der Waals surface area contributed by atoms with Crippen LogP contribution in [-0.4, -0.2) is 6.61 Å². The average Bonchev–Trinajstić information content (AvgIpc) is 2.07. The fourth-order valence-corrected chi connectivity index (χ4v) is 0.902. The molecular formula is C9H5Cl2O. The Bertz CT molecular complexity index is 315. The maximum Gasteiger partial charge on any atom is 0.148 e. The molecule has 0 N–H and O–H groups in total. The molecule has 0 atom stereocenters. The molecule has 0 aliphatic rings. The predicted molar refractivity (Wildman–Crippen MR) is 49.6 cm³/mol. The first-order valence-corrected chi connectivity index (χ1v) is 3.93. The summed E-state index contributed by atoms with van der Waals surface area (Å²) in [6.07, 6.45) is 5.00. The Kier molecular flexibility index (Phi) is 3.28. The van der Waals surface area contributed by atoms with Gasteiger partial charge in [-0.05, 0) is 12.1 Å². The lowest BCUT2D eigenvalue weighted by Gasteiger charge is -2.01. The number of halogens is 2. The lowest BCUT2D eigenvalue weighted by molar-refractivity contribution is 0.369. The zero-order valence-corrected chi connectivity index (χ0v) is 7.62. The first-order valence-electron chi connectivity index (χ1n) is 3.17. The lowest BCUT2D eigenvalue weighted by atomic mass is 10.3. The largest absolute Gasteiger partial charge is 0.480 e. The van der Waals surface area contributed by atoms with Crippen LogP contribution in [-0.2, 0) is 0 Å². The molecule has 1 radical (unpaired) electrons. The van der Waals surface area contributed by atoms with Crippen molar-refractivity contribution in [2.75, 3.05) is 6.61 Å². The van der Waals surface area contributed by atoms with Gasteiger partial charge in [-0.1, -0.05) is 29.1 Å². The second-order valence-corrected chi connectivity index (χ2v) is 2.76. The van der Waals surface area contributed by atoms with Gasteiger partial charge in [0.15, 0.2) is 0 Å². The van der Waals surface area contributed by atoms with Gasteiger partial charge in [-0.15, -0.1) is 6.42 Å². The second-order valence-electron chi connectivity index (χ2n) is 1.98. The quantitative estimate of drug-likeness (QED) is 0.667. The molecule has 0 aliphatic carbocycles. The summed E-state index contributed by atoms with van der Waals surface area (Å²) in [5, 5.41) is 0.788. The number of terminal acetylenes is 1. The molecule has 1 aromatic rings. The van der Waals surface area contributed by atoms with Crippen LogP contribution < -0.4 is 4.74 Å². The third-order valence-corrected chi connectivity index (χ3v) is 1.84. The number of hydrogen-bond acceptors (Lipinski definition) is 1. The van der Waals surface area contributed by atoms with Gasteiger partial charge in [-0.25, -0.2) is 0 Å². The van der Waals surface area contributed by atoms with E-state index in [9.17, 15) is 0 Å². The topological polar surface area (TPSA) is 9.23 Å². The van der Waals surface area contributed by atoms with Crippen molar-refractivity contribution < 1.29 is 4.74 Å². The molecular weight excluding hydrogens is 195 g/mol. The molecule has 0 bridgehead atoms. The lowest BCUT2D eigenvalue weighted by Crippen LogP contribution is -1.92. The molecule has 0 amide bonds. The summed E-state index contributed by atoms with van der Waals surface area (Å²) >= 11 is 11.3. The molecule has 61 valence electrons. The SMILES string of the molecule is C#CCOc1[c]c(Cl)c(Cl)cc1. The fraction of sp³-hybridized carbons (Fsp3) is 0.111. The first-order chi connectivity index (χ1) is 5.74. The molecule has 1 aromatic carbocycles. The minimum absolute atomic E-state index is 0.203. The van der Waals surface area contributed by atoms with Crippen molar-refractivity contribution in [3.63, 3.8) is 0 Å². The monoisotopic (exact) mass is 199 g/mol. The molecule has 1 nitrogen and oxygen atoms in total. The maximum absolute atomic E-state index is 5.67. The van der Waals surface area contributed by atoms with Crippen LogP contribution in [0, 0.1) is 18.4 Å². The van der Waals surface area contributed by atoms with Crippen molar-refractivity contribution in [2.24, 2.45) is 0 Å². The summed E-state index contributed by atoms with van der Waals surface area (Å²) < 4.78 is 5.06. The molecule has 0 fully saturated rings. The molecule has 1 rings (SSSR count). The van der Waals surface area contributed by atoms with Crippen LogP contribution >= 0.6 is 23.2 Å². The van der Waals surface area contributed by atoms with Crippen LogP contribution in [0.5, 0.6) is 5.75 Å². The smallest absolute Gasteiger partial charge is 0.148 e. The van der Waals surface area contributed by atoms with Gasteiger partial charge >= 0.3 is 0 Å². The average molecular weight is 200 g/mol. The molecule has 12 heavy (non-hydrogen) atoms. The van der Waals surface area contributed by atoms with E-state index in [-0.39, 0.29) is 6.61 Å². The molecule has 0 saturated heterocycles.